The highest BCUT2D eigenvalue weighted by atomic mass is 16.5. The first-order chi connectivity index (χ1) is 8.52. The number of carbonyl (C=O) groups excluding carboxylic acids is 1. The normalized spacial score (nSPS) is 32.3. The zero-order valence-corrected chi connectivity index (χ0v) is 11.3. The standard InChI is InChI=1S/C13H24N2O3/c1-13(2)9-15(7-11(8-16)18-13)12(17)10-4-3-5-14-6-10/h10-11,14,16H,3-9H2,1-2H3. The highest BCUT2D eigenvalue weighted by Crippen LogP contribution is 2.23. The summed E-state index contributed by atoms with van der Waals surface area (Å²) in [5.74, 6) is 0.295. The van der Waals surface area contributed by atoms with E-state index in [9.17, 15) is 9.90 Å². The average molecular weight is 256 g/mol. The van der Waals surface area contributed by atoms with Crippen molar-refractivity contribution in [1.29, 1.82) is 0 Å². The highest BCUT2D eigenvalue weighted by molar-refractivity contribution is 5.79. The van der Waals surface area contributed by atoms with Crippen LogP contribution in [-0.4, -0.2) is 60.4 Å². The number of aliphatic hydroxyl groups excluding tert-OH is 1. The summed E-state index contributed by atoms with van der Waals surface area (Å²) in [5, 5.41) is 12.5. The van der Waals surface area contributed by atoms with E-state index in [0.29, 0.717) is 13.1 Å². The van der Waals surface area contributed by atoms with Crippen LogP contribution >= 0.6 is 0 Å². The van der Waals surface area contributed by atoms with Crippen LogP contribution in [0.25, 0.3) is 0 Å². The summed E-state index contributed by atoms with van der Waals surface area (Å²) in [6.07, 6.45) is 1.77. The molecule has 0 radical (unpaired) electrons. The number of hydrogen-bond donors (Lipinski definition) is 2. The van der Waals surface area contributed by atoms with Gasteiger partial charge in [-0.3, -0.25) is 4.79 Å². The molecule has 0 saturated carbocycles. The maximum absolute atomic E-state index is 12.5. The van der Waals surface area contributed by atoms with Gasteiger partial charge in [0.2, 0.25) is 5.91 Å². The molecule has 0 aliphatic carbocycles. The van der Waals surface area contributed by atoms with Crippen molar-refractivity contribution in [2.45, 2.75) is 38.4 Å². The molecule has 2 aliphatic heterocycles. The quantitative estimate of drug-likeness (QED) is 0.729. The number of piperidine rings is 1. The van der Waals surface area contributed by atoms with Crippen LogP contribution in [0, 0.1) is 5.92 Å². The van der Waals surface area contributed by atoms with E-state index in [-0.39, 0.29) is 30.1 Å². The summed E-state index contributed by atoms with van der Waals surface area (Å²) in [6.45, 7) is 6.81. The first kappa shape index (κ1) is 13.8. The van der Waals surface area contributed by atoms with Gasteiger partial charge in [0.05, 0.1) is 24.2 Å². The summed E-state index contributed by atoms with van der Waals surface area (Å²) in [4.78, 5) is 14.3. The highest BCUT2D eigenvalue weighted by Gasteiger charge is 2.37. The lowest BCUT2D eigenvalue weighted by atomic mass is 9.96. The van der Waals surface area contributed by atoms with E-state index in [1.807, 2.05) is 18.7 Å². The maximum Gasteiger partial charge on any atom is 0.227 e. The molecule has 0 aromatic rings. The summed E-state index contributed by atoms with van der Waals surface area (Å²) in [6, 6.07) is 0. The third-order valence-corrected chi connectivity index (χ3v) is 3.64. The van der Waals surface area contributed by atoms with Crippen molar-refractivity contribution in [3.05, 3.63) is 0 Å². The van der Waals surface area contributed by atoms with Crippen LogP contribution in [0.4, 0.5) is 0 Å². The Morgan fingerprint density at radius 2 is 2.33 bits per heavy atom. The fourth-order valence-electron chi connectivity index (χ4n) is 2.88. The number of nitrogens with zero attached hydrogens (tertiary/aromatic N) is 1. The number of hydrogen-bond acceptors (Lipinski definition) is 4. The van der Waals surface area contributed by atoms with E-state index in [1.165, 1.54) is 0 Å². The second kappa shape index (κ2) is 5.55. The first-order valence-corrected chi connectivity index (χ1v) is 6.80. The van der Waals surface area contributed by atoms with Gasteiger partial charge in [-0.1, -0.05) is 0 Å². The zero-order valence-electron chi connectivity index (χ0n) is 11.3. The van der Waals surface area contributed by atoms with Crippen LogP contribution in [0.1, 0.15) is 26.7 Å². The molecule has 5 heteroatoms. The molecule has 2 N–H and O–H groups in total. The number of carbonyl (C=O) groups is 1. The summed E-state index contributed by atoms with van der Waals surface area (Å²) < 4.78 is 5.73. The molecule has 18 heavy (non-hydrogen) atoms. The van der Waals surface area contributed by atoms with Gasteiger partial charge < -0.3 is 20.1 Å². The lowest BCUT2D eigenvalue weighted by Gasteiger charge is -2.43. The summed E-state index contributed by atoms with van der Waals surface area (Å²) in [7, 11) is 0. The van der Waals surface area contributed by atoms with E-state index in [4.69, 9.17) is 4.74 Å². The van der Waals surface area contributed by atoms with Gasteiger partial charge in [0, 0.05) is 19.6 Å². The van der Waals surface area contributed by atoms with Crippen LogP contribution in [0.5, 0.6) is 0 Å². The predicted octanol–water partition coefficient (Wildman–Crippen LogP) is -0.0157. The Balaban J connectivity index is 1.99. The van der Waals surface area contributed by atoms with Gasteiger partial charge in [0.25, 0.3) is 0 Å². The van der Waals surface area contributed by atoms with Gasteiger partial charge >= 0.3 is 0 Å². The lowest BCUT2D eigenvalue weighted by Crippen LogP contribution is -2.57. The lowest BCUT2D eigenvalue weighted by molar-refractivity contribution is -0.170. The summed E-state index contributed by atoms with van der Waals surface area (Å²) in [5.41, 5.74) is -0.372. The van der Waals surface area contributed by atoms with Crippen molar-refractivity contribution >= 4 is 5.91 Å². The third-order valence-electron chi connectivity index (χ3n) is 3.64. The molecule has 2 aliphatic rings. The van der Waals surface area contributed by atoms with Gasteiger partial charge in [-0.15, -0.1) is 0 Å². The number of aliphatic hydroxyl groups is 1. The van der Waals surface area contributed by atoms with E-state index in [1.54, 1.807) is 0 Å². The van der Waals surface area contributed by atoms with E-state index >= 15 is 0 Å². The summed E-state index contributed by atoms with van der Waals surface area (Å²) >= 11 is 0. The Bertz CT molecular complexity index is 301. The number of nitrogens with one attached hydrogen (secondary N) is 1. The Morgan fingerprint density at radius 3 is 2.94 bits per heavy atom. The maximum atomic E-state index is 12.5. The molecule has 2 atom stereocenters. The Morgan fingerprint density at radius 1 is 1.56 bits per heavy atom. The first-order valence-electron chi connectivity index (χ1n) is 6.80. The molecule has 0 bridgehead atoms. The number of rotatable bonds is 2. The number of amides is 1. The fraction of sp³-hybridized carbons (Fsp3) is 0.923. The van der Waals surface area contributed by atoms with Crippen molar-refractivity contribution < 1.29 is 14.6 Å². The SMILES string of the molecule is CC1(C)CN(C(=O)C2CCCNC2)CC(CO)O1. The van der Waals surface area contributed by atoms with Crippen molar-refractivity contribution in [1.82, 2.24) is 10.2 Å². The van der Waals surface area contributed by atoms with Crippen molar-refractivity contribution in [2.75, 3.05) is 32.8 Å². The molecule has 2 rings (SSSR count). The van der Waals surface area contributed by atoms with Crippen LogP contribution in [0.3, 0.4) is 0 Å². The van der Waals surface area contributed by atoms with Crippen molar-refractivity contribution in [2.24, 2.45) is 5.92 Å². The monoisotopic (exact) mass is 256 g/mol. The van der Waals surface area contributed by atoms with Gasteiger partial charge in [0.1, 0.15) is 0 Å². The van der Waals surface area contributed by atoms with Crippen LogP contribution in [-0.2, 0) is 9.53 Å². The average Bonchev–Trinajstić information content (AvgIpc) is 2.37. The minimum absolute atomic E-state index is 0.0316. The second-order valence-corrected chi connectivity index (χ2v) is 5.94. The largest absolute Gasteiger partial charge is 0.394 e. The molecule has 1 amide bonds. The van der Waals surface area contributed by atoms with Gasteiger partial charge in [0.15, 0.2) is 0 Å². The third kappa shape index (κ3) is 3.22. The van der Waals surface area contributed by atoms with Crippen LogP contribution < -0.4 is 5.32 Å². The number of ether oxygens (including phenoxy) is 1. The molecule has 2 heterocycles. The molecule has 5 nitrogen and oxygen atoms in total. The molecular weight excluding hydrogens is 232 g/mol. The Labute approximate surface area is 108 Å². The van der Waals surface area contributed by atoms with Crippen molar-refractivity contribution in [3.63, 3.8) is 0 Å². The molecule has 2 unspecified atom stereocenters. The van der Waals surface area contributed by atoms with Crippen LogP contribution in [0.15, 0.2) is 0 Å². The van der Waals surface area contributed by atoms with Crippen LogP contribution in [0.2, 0.25) is 0 Å². The van der Waals surface area contributed by atoms with Crippen molar-refractivity contribution in [3.8, 4) is 0 Å². The van der Waals surface area contributed by atoms with E-state index in [2.05, 4.69) is 5.32 Å². The second-order valence-electron chi connectivity index (χ2n) is 5.94. The zero-order chi connectivity index (χ0) is 13.2. The fourth-order valence-corrected chi connectivity index (χ4v) is 2.88. The predicted molar refractivity (Wildman–Crippen MR) is 68.2 cm³/mol. The molecule has 0 aromatic carbocycles. The molecular formula is C13H24N2O3. The van der Waals surface area contributed by atoms with E-state index in [0.717, 1.165) is 25.9 Å². The van der Waals surface area contributed by atoms with Gasteiger partial charge in [-0.25, -0.2) is 0 Å². The molecule has 0 spiro atoms. The minimum atomic E-state index is -0.372. The Hall–Kier alpha value is -0.650. The molecule has 0 aromatic heterocycles. The number of morpholine rings is 1. The smallest absolute Gasteiger partial charge is 0.227 e. The Kier molecular flexibility index (Phi) is 4.25. The van der Waals surface area contributed by atoms with Gasteiger partial charge in [-0.2, -0.15) is 0 Å². The minimum Gasteiger partial charge on any atom is -0.394 e. The molecule has 2 saturated heterocycles. The topological polar surface area (TPSA) is 61.8 Å². The molecule has 2 fully saturated rings. The van der Waals surface area contributed by atoms with Gasteiger partial charge in [-0.05, 0) is 33.2 Å². The molecule has 104 valence electrons. The van der Waals surface area contributed by atoms with E-state index < -0.39 is 0 Å².